The van der Waals surface area contributed by atoms with Crippen LogP contribution in [-0.4, -0.2) is 11.5 Å². The van der Waals surface area contributed by atoms with Crippen LogP contribution in [-0.2, 0) is 4.79 Å². The highest BCUT2D eigenvalue weighted by Crippen LogP contribution is 2.60. The van der Waals surface area contributed by atoms with Gasteiger partial charge in [0.1, 0.15) is 5.75 Å². The van der Waals surface area contributed by atoms with Crippen LogP contribution in [0, 0.1) is 23.2 Å². The Hall–Kier alpha value is -1.48. The van der Waals surface area contributed by atoms with E-state index in [4.69, 9.17) is 16.3 Å². The molecular formula is C22H26ClNO2. The van der Waals surface area contributed by atoms with E-state index in [-0.39, 0.29) is 5.41 Å². The lowest BCUT2D eigenvalue weighted by Gasteiger charge is -2.55. The standard InChI is InChI=1S/C22H26ClNO2/c1-21(2)24-18(17-4-3-16(23)8-19(17)26-21)9-20(25)22-10-13-5-14(11-22)7-15(6-13)12-22/h3-4,8-9,13-15,24H,5-7,10-12H2,1-2H3/b18-9-. The molecule has 4 heteroatoms. The van der Waals surface area contributed by atoms with Gasteiger partial charge >= 0.3 is 0 Å². The second-order valence-electron chi connectivity index (χ2n) is 9.50. The molecule has 0 aromatic heterocycles. The minimum Gasteiger partial charge on any atom is -0.468 e. The summed E-state index contributed by atoms with van der Waals surface area (Å²) in [6, 6.07) is 5.63. The maximum absolute atomic E-state index is 13.5. The molecule has 0 atom stereocenters. The number of hydrogen-bond donors (Lipinski definition) is 1. The Morgan fingerprint density at radius 3 is 2.38 bits per heavy atom. The number of fused-ring (bicyclic) bond motifs is 1. The summed E-state index contributed by atoms with van der Waals surface area (Å²) >= 11 is 6.15. The Labute approximate surface area is 160 Å². The van der Waals surface area contributed by atoms with E-state index in [1.165, 1.54) is 19.3 Å². The summed E-state index contributed by atoms with van der Waals surface area (Å²) < 4.78 is 6.01. The molecule has 4 saturated carbocycles. The Bertz CT molecular complexity index is 775. The van der Waals surface area contributed by atoms with Crippen molar-refractivity contribution in [3.05, 3.63) is 34.9 Å². The van der Waals surface area contributed by atoms with Gasteiger partial charge in [-0.25, -0.2) is 0 Å². The van der Waals surface area contributed by atoms with Gasteiger partial charge in [-0.3, -0.25) is 4.79 Å². The largest absolute Gasteiger partial charge is 0.468 e. The molecule has 3 nitrogen and oxygen atoms in total. The van der Waals surface area contributed by atoms with Crippen molar-refractivity contribution < 1.29 is 9.53 Å². The van der Waals surface area contributed by atoms with Gasteiger partial charge in [-0.15, -0.1) is 0 Å². The maximum Gasteiger partial charge on any atom is 0.175 e. The fraction of sp³-hybridized carbons (Fsp3) is 0.591. The van der Waals surface area contributed by atoms with E-state index >= 15 is 0 Å². The van der Waals surface area contributed by atoms with E-state index in [2.05, 4.69) is 5.32 Å². The van der Waals surface area contributed by atoms with E-state index in [0.29, 0.717) is 10.8 Å². The van der Waals surface area contributed by atoms with Crippen LogP contribution in [0.1, 0.15) is 57.9 Å². The average Bonchev–Trinajstić information content (AvgIpc) is 2.51. The first kappa shape index (κ1) is 16.7. The Morgan fingerprint density at radius 1 is 1.15 bits per heavy atom. The third-order valence-corrected chi connectivity index (χ3v) is 7.11. The van der Waals surface area contributed by atoms with Gasteiger partial charge in [0.05, 0.1) is 5.70 Å². The van der Waals surface area contributed by atoms with E-state index in [9.17, 15) is 4.79 Å². The molecule has 0 unspecified atom stereocenters. The predicted octanol–water partition coefficient (Wildman–Crippen LogP) is 5.18. The minimum absolute atomic E-state index is 0.113. The summed E-state index contributed by atoms with van der Waals surface area (Å²) in [5, 5.41) is 4.05. The number of hydrogen-bond acceptors (Lipinski definition) is 3. The van der Waals surface area contributed by atoms with Gasteiger partial charge in [0.15, 0.2) is 11.5 Å². The molecule has 0 saturated heterocycles. The Balaban J connectivity index is 1.51. The van der Waals surface area contributed by atoms with Crippen molar-refractivity contribution in [1.29, 1.82) is 0 Å². The van der Waals surface area contributed by atoms with Crippen molar-refractivity contribution in [2.45, 2.75) is 58.1 Å². The molecular weight excluding hydrogens is 346 g/mol. The van der Waals surface area contributed by atoms with Crippen LogP contribution in [0.4, 0.5) is 0 Å². The molecule has 4 bridgehead atoms. The van der Waals surface area contributed by atoms with Crippen LogP contribution in [0.2, 0.25) is 5.02 Å². The molecule has 1 N–H and O–H groups in total. The zero-order valence-corrected chi connectivity index (χ0v) is 16.2. The Kier molecular flexibility index (Phi) is 3.54. The fourth-order valence-electron chi connectivity index (χ4n) is 6.31. The lowest BCUT2D eigenvalue weighted by Crippen LogP contribution is -2.50. The van der Waals surface area contributed by atoms with Crippen LogP contribution < -0.4 is 10.1 Å². The molecule has 26 heavy (non-hydrogen) atoms. The first-order valence-electron chi connectivity index (χ1n) is 9.85. The van der Waals surface area contributed by atoms with E-state index in [1.54, 1.807) is 0 Å². The van der Waals surface area contributed by atoms with Crippen LogP contribution in [0.15, 0.2) is 24.3 Å². The normalized spacial score (nSPS) is 37.8. The number of halogens is 1. The summed E-state index contributed by atoms with van der Waals surface area (Å²) in [5.41, 5.74) is 1.12. The topological polar surface area (TPSA) is 38.3 Å². The number of rotatable bonds is 2. The second-order valence-corrected chi connectivity index (χ2v) is 9.93. The molecule has 5 aliphatic rings. The summed E-state index contributed by atoms with van der Waals surface area (Å²) in [7, 11) is 0. The highest BCUT2D eigenvalue weighted by molar-refractivity contribution is 6.30. The molecule has 0 spiro atoms. The van der Waals surface area contributed by atoms with Gasteiger partial charge in [-0.05, 0) is 88.3 Å². The quantitative estimate of drug-likeness (QED) is 0.727. The fourth-order valence-corrected chi connectivity index (χ4v) is 6.47. The molecule has 6 rings (SSSR count). The molecule has 4 aliphatic carbocycles. The number of allylic oxidation sites excluding steroid dienone is 1. The van der Waals surface area contributed by atoms with Crippen LogP contribution in [0.25, 0.3) is 5.70 Å². The van der Waals surface area contributed by atoms with Crippen molar-refractivity contribution in [2.24, 2.45) is 23.2 Å². The maximum atomic E-state index is 13.5. The van der Waals surface area contributed by atoms with Gasteiger partial charge < -0.3 is 10.1 Å². The molecule has 4 fully saturated rings. The van der Waals surface area contributed by atoms with E-state index < -0.39 is 5.72 Å². The smallest absolute Gasteiger partial charge is 0.175 e. The van der Waals surface area contributed by atoms with Gasteiger partial charge in [0.25, 0.3) is 0 Å². The first-order chi connectivity index (χ1) is 12.3. The minimum atomic E-state index is -0.564. The third kappa shape index (κ3) is 2.67. The van der Waals surface area contributed by atoms with Crippen molar-refractivity contribution in [1.82, 2.24) is 5.32 Å². The zero-order valence-electron chi connectivity index (χ0n) is 15.5. The lowest BCUT2D eigenvalue weighted by atomic mass is 9.48. The highest BCUT2D eigenvalue weighted by Gasteiger charge is 2.54. The SMILES string of the molecule is CC1(C)N/C(=C\C(=O)C23CC4CC(CC(C4)C2)C3)c2ccc(Cl)cc2O1. The number of ether oxygens (including phenoxy) is 1. The second kappa shape index (κ2) is 5.51. The van der Waals surface area contributed by atoms with Crippen molar-refractivity contribution >= 4 is 23.1 Å². The van der Waals surface area contributed by atoms with Crippen LogP contribution >= 0.6 is 11.6 Å². The third-order valence-electron chi connectivity index (χ3n) is 6.87. The predicted molar refractivity (Wildman–Crippen MR) is 103 cm³/mol. The first-order valence-corrected chi connectivity index (χ1v) is 10.2. The van der Waals surface area contributed by atoms with Gasteiger partial charge in [-0.2, -0.15) is 0 Å². The summed E-state index contributed by atoms with van der Waals surface area (Å²) in [6.07, 6.45) is 9.19. The van der Waals surface area contributed by atoms with E-state index in [0.717, 1.165) is 54.0 Å². The monoisotopic (exact) mass is 371 g/mol. The number of carbonyl (C=O) groups excluding carboxylic acids is 1. The highest BCUT2D eigenvalue weighted by atomic mass is 35.5. The number of carbonyl (C=O) groups is 1. The molecule has 0 amide bonds. The molecule has 1 aromatic carbocycles. The Morgan fingerprint density at radius 2 is 1.77 bits per heavy atom. The van der Waals surface area contributed by atoms with Gasteiger partial charge in [0.2, 0.25) is 0 Å². The van der Waals surface area contributed by atoms with Crippen molar-refractivity contribution in [3.63, 3.8) is 0 Å². The summed E-state index contributed by atoms with van der Waals surface area (Å²) in [4.78, 5) is 13.5. The number of ketones is 1. The molecule has 138 valence electrons. The summed E-state index contributed by atoms with van der Waals surface area (Å²) in [5.74, 6) is 3.37. The van der Waals surface area contributed by atoms with Crippen molar-refractivity contribution in [3.8, 4) is 5.75 Å². The molecule has 0 radical (unpaired) electrons. The zero-order chi connectivity index (χ0) is 18.1. The number of nitrogens with one attached hydrogen (secondary N) is 1. The van der Waals surface area contributed by atoms with Crippen LogP contribution in [0.5, 0.6) is 5.75 Å². The van der Waals surface area contributed by atoms with E-state index in [1.807, 2.05) is 38.1 Å². The molecule has 1 aromatic rings. The average molecular weight is 372 g/mol. The summed E-state index contributed by atoms with van der Waals surface area (Å²) in [6.45, 7) is 3.94. The number of benzene rings is 1. The van der Waals surface area contributed by atoms with Crippen LogP contribution in [0.3, 0.4) is 0 Å². The molecule has 1 aliphatic heterocycles. The van der Waals surface area contributed by atoms with Gasteiger partial charge in [0, 0.05) is 22.1 Å². The van der Waals surface area contributed by atoms with Crippen molar-refractivity contribution in [2.75, 3.05) is 0 Å². The van der Waals surface area contributed by atoms with Gasteiger partial charge in [-0.1, -0.05) is 11.6 Å². The molecule has 1 heterocycles. The lowest BCUT2D eigenvalue weighted by molar-refractivity contribution is -0.138.